The SMILES string of the molecule is Cn1c(=O)n(C)c2cc(C(=O)NC3(c4ccc(F)cc4)CCCC3)ccc21. The van der Waals surface area contributed by atoms with Crippen molar-refractivity contribution in [1.82, 2.24) is 14.5 Å². The molecule has 1 aliphatic rings. The molecule has 0 saturated heterocycles. The smallest absolute Gasteiger partial charge is 0.328 e. The van der Waals surface area contributed by atoms with Gasteiger partial charge < -0.3 is 5.32 Å². The summed E-state index contributed by atoms with van der Waals surface area (Å²) in [5, 5.41) is 3.19. The second-order valence-corrected chi connectivity index (χ2v) is 7.35. The van der Waals surface area contributed by atoms with Gasteiger partial charge in [-0.15, -0.1) is 0 Å². The number of hydrogen-bond donors (Lipinski definition) is 1. The lowest BCUT2D eigenvalue weighted by Crippen LogP contribution is -2.43. The van der Waals surface area contributed by atoms with E-state index >= 15 is 0 Å². The van der Waals surface area contributed by atoms with Gasteiger partial charge in [0.15, 0.2) is 0 Å². The Morgan fingerprint density at radius 2 is 1.63 bits per heavy atom. The zero-order valence-corrected chi connectivity index (χ0v) is 15.5. The minimum atomic E-state index is -0.470. The molecule has 1 heterocycles. The van der Waals surface area contributed by atoms with Crippen LogP contribution in [0.15, 0.2) is 47.3 Å². The van der Waals surface area contributed by atoms with Crippen molar-refractivity contribution in [3.8, 4) is 0 Å². The predicted molar refractivity (Wildman–Crippen MR) is 102 cm³/mol. The number of halogens is 1. The van der Waals surface area contributed by atoms with Gasteiger partial charge >= 0.3 is 5.69 Å². The van der Waals surface area contributed by atoms with Crippen molar-refractivity contribution in [3.05, 3.63) is 69.9 Å². The largest absolute Gasteiger partial charge is 0.343 e. The Morgan fingerprint density at radius 3 is 2.30 bits per heavy atom. The van der Waals surface area contributed by atoms with Gasteiger partial charge in [-0.1, -0.05) is 25.0 Å². The van der Waals surface area contributed by atoms with E-state index in [1.165, 1.54) is 16.7 Å². The Kier molecular flexibility index (Phi) is 4.13. The number of carbonyl (C=O) groups excluding carboxylic acids is 1. The summed E-state index contributed by atoms with van der Waals surface area (Å²) in [5.74, 6) is -0.465. The molecule has 3 aromatic rings. The highest BCUT2D eigenvalue weighted by Gasteiger charge is 2.37. The molecule has 2 aromatic carbocycles. The van der Waals surface area contributed by atoms with Gasteiger partial charge in [0.2, 0.25) is 0 Å². The molecule has 27 heavy (non-hydrogen) atoms. The van der Waals surface area contributed by atoms with Crippen molar-refractivity contribution in [1.29, 1.82) is 0 Å². The van der Waals surface area contributed by atoms with Crippen molar-refractivity contribution in [3.63, 3.8) is 0 Å². The zero-order valence-electron chi connectivity index (χ0n) is 15.5. The number of carbonyl (C=O) groups is 1. The first-order valence-electron chi connectivity index (χ1n) is 9.15. The molecule has 1 aliphatic carbocycles. The molecular weight excluding hydrogens is 345 g/mol. The summed E-state index contributed by atoms with van der Waals surface area (Å²) < 4.78 is 16.4. The Labute approximate surface area is 156 Å². The van der Waals surface area contributed by atoms with Gasteiger partial charge in [0.05, 0.1) is 16.6 Å². The molecule has 0 atom stereocenters. The Morgan fingerprint density at radius 1 is 1.00 bits per heavy atom. The van der Waals surface area contributed by atoms with Crippen LogP contribution in [0.5, 0.6) is 0 Å². The Bertz CT molecular complexity index is 1070. The predicted octanol–water partition coefficient (Wildman–Crippen LogP) is 3.22. The number of amides is 1. The van der Waals surface area contributed by atoms with Crippen LogP contribution in [0, 0.1) is 5.82 Å². The molecule has 1 amide bonds. The number of aryl methyl sites for hydroxylation is 2. The molecule has 1 saturated carbocycles. The van der Waals surface area contributed by atoms with E-state index in [1.807, 2.05) is 0 Å². The Hall–Kier alpha value is -2.89. The van der Waals surface area contributed by atoms with Crippen LogP contribution >= 0.6 is 0 Å². The number of benzene rings is 2. The van der Waals surface area contributed by atoms with Gasteiger partial charge in [-0.25, -0.2) is 9.18 Å². The third-order valence-corrected chi connectivity index (χ3v) is 5.74. The Balaban J connectivity index is 1.69. The van der Waals surface area contributed by atoms with Crippen molar-refractivity contribution in [2.75, 3.05) is 0 Å². The van der Waals surface area contributed by atoms with Crippen LogP contribution in [0.25, 0.3) is 11.0 Å². The average molecular weight is 367 g/mol. The number of fused-ring (bicyclic) bond motifs is 1. The summed E-state index contributed by atoms with van der Waals surface area (Å²) in [7, 11) is 3.41. The van der Waals surface area contributed by atoms with Crippen LogP contribution in [-0.4, -0.2) is 15.0 Å². The normalized spacial score (nSPS) is 16.0. The highest BCUT2D eigenvalue weighted by atomic mass is 19.1. The fraction of sp³-hybridized carbons (Fsp3) is 0.333. The summed E-state index contributed by atoms with van der Waals surface area (Å²) in [4.78, 5) is 25.1. The third-order valence-electron chi connectivity index (χ3n) is 5.74. The minimum Gasteiger partial charge on any atom is -0.343 e. The molecule has 4 rings (SSSR count). The van der Waals surface area contributed by atoms with E-state index in [9.17, 15) is 14.0 Å². The summed E-state index contributed by atoms with van der Waals surface area (Å²) in [6.07, 6.45) is 3.70. The number of nitrogens with zero attached hydrogens (tertiary/aromatic N) is 2. The van der Waals surface area contributed by atoms with Crippen LogP contribution in [-0.2, 0) is 19.6 Å². The fourth-order valence-electron chi connectivity index (χ4n) is 4.17. The molecule has 1 N–H and O–H groups in total. The van der Waals surface area contributed by atoms with Gasteiger partial charge in [-0.05, 0) is 48.7 Å². The molecule has 1 fully saturated rings. The zero-order chi connectivity index (χ0) is 19.2. The number of rotatable bonds is 3. The maximum Gasteiger partial charge on any atom is 0.328 e. The fourth-order valence-corrected chi connectivity index (χ4v) is 4.17. The standard InChI is InChI=1S/C21H22FN3O2/c1-24-17-10-5-14(13-18(17)25(2)20(24)27)19(26)23-21(11-3-4-12-21)15-6-8-16(22)9-7-15/h5-10,13H,3-4,11-12H2,1-2H3,(H,23,26). The van der Waals surface area contributed by atoms with Gasteiger partial charge in [0.25, 0.3) is 5.91 Å². The number of nitrogens with one attached hydrogen (secondary N) is 1. The average Bonchev–Trinajstić information content (AvgIpc) is 3.22. The van der Waals surface area contributed by atoms with E-state index in [4.69, 9.17) is 0 Å². The monoisotopic (exact) mass is 367 g/mol. The molecule has 140 valence electrons. The molecule has 6 heteroatoms. The third kappa shape index (κ3) is 2.85. The lowest BCUT2D eigenvalue weighted by Gasteiger charge is -2.31. The quantitative estimate of drug-likeness (QED) is 0.773. The van der Waals surface area contributed by atoms with E-state index in [1.54, 1.807) is 49.0 Å². The van der Waals surface area contributed by atoms with Crippen molar-refractivity contribution in [2.45, 2.75) is 31.2 Å². The second-order valence-electron chi connectivity index (χ2n) is 7.35. The molecule has 0 bridgehead atoms. The number of imidazole rings is 1. The van der Waals surface area contributed by atoms with E-state index in [0.29, 0.717) is 5.56 Å². The van der Waals surface area contributed by atoms with Crippen molar-refractivity contribution in [2.24, 2.45) is 14.1 Å². The van der Waals surface area contributed by atoms with E-state index in [0.717, 1.165) is 42.3 Å². The maximum atomic E-state index is 13.3. The van der Waals surface area contributed by atoms with Crippen LogP contribution in [0.2, 0.25) is 0 Å². The summed E-state index contributed by atoms with van der Waals surface area (Å²) in [5.41, 5.74) is 2.36. The van der Waals surface area contributed by atoms with E-state index in [-0.39, 0.29) is 17.4 Å². The molecule has 5 nitrogen and oxygen atoms in total. The first kappa shape index (κ1) is 17.5. The number of hydrogen-bond acceptors (Lipinski definition) is 2. The lowest BCUT2D eigenvalue weighted by molar-refractivity contribution is 0.0898. The van der Waals surface area contributed by atoms with Crippen LogP contribution in [0.4, 0.5) is 4.39 Å². The minimum absolute atomic E-state index is 0.124. The van der Waals surface area contributed by atoms with Gasteiger partial charge in [0, 0.05) is 19.7 Å². The maximum absolute atomic E-state index is 13.3. The number of aromatic nitrogens is 2. The molecule has 0 radical (unpaired) electrons. The molecular formula is C21H22FN3O2. The van der Waals surface area contributed by atoms with Gasteiger partial charge in [-0.2, -0.15) is 0 Å². The highest BCUT2D eigenvalue weighted by Crippen LogP contribution is 2.39. The van der Waals surface area contributed by atoms with Crippen molar-refractivity contribution < 1.29 is 9.18 Å². The molecule has 0 aliphatic heterocycles. The van der Waals surface area contributed by atoms with Gasteiger partial charge in [-0.3, -0.25) is 13.9 Å². The second kappa shape index (κ2) is 6.37. The van der Waals surface area contributed by atoms with E-state index in [2.05, 4.69) is 5.32 Å². The van der Waals surface area contributed by atoms with Gasteiger partial charge in [0.1, 0.15) is 5.82 Å². The van der Waals surface area contributed by atoms with Crippen LogP contribution in [0.3, 0.4) is 0 Å². The molecule has 1 aromatic heterocycles. The summed E-state index contributed by atoms with van der Waals surface area (Å²) in [6, 6.07) is 11.7. The first-order chi connectivity index (χ1) is 12.9. The van der Waals surface area contributed by atoms with Crippen molar-refractivity contribution >= 4 is 16.9 Å². The van der Waals surface area contributed by atoms with Crippen LogP contribution < -0.4 is 11.0 Å². The highest BCUT2D eigenvalue weighted by molar-refractivity contribution is 5.98. The molecule has 0 spiro atoms. The van der Waals surface area contributed by atoms with Crippen LogP contribution in [0.1, 0.15) is 41.6 Å². The first-order valence-corrected chi connectivity index (χ1v) is 9.15. The van der Waals surface area contributed by atoms with E-state index < -0.39 is 5.54 Å². The molecule has 0 unspecified atom stereocenters. The topological polar surface area (TPSA) is 56.0 Å². The summed E-state index contributed by atoms with van der Waals surface area (Å²) in [6.45, 7) is 0. The summed E-state index contributed by atoms with van der Waals surface area (Å²) >= 11 is 0. The lowest BCUT2D eigenvalue weighted by atomic mass is 9.87.